The Labute approximate surface area is 197 Å². The van der Waals surface area contributed by atoms with Crippen LogP contribution in [0.5, 0.6) is 5.75 Å². The van der Waals surface area contributed by atoms with Gasteiger partial charge in [-0.1, -0.05) is 12.1 Å². The zero-order valence-electron chi connectivity index (χ0n) is 18.9. The van der Waals surface area contributed by atoms with Crippen molar-refractivity contribution in [3.8, 4) is 5.75 Å². The second kappa shape index (κ2) is 9.65. The van der Waals surface area contributed by atoms with Crippen molar-refractivity contribution in [1.82, 2.24) is 14.8 Å². The third kappa shape index (κ3) is 5.19. The molecule has 1 aromatic heterocycles. The van der Waals surface area contributed by atoms with Crippen molar-refractivity contribution >= 4 is 26.9 Å². The molecule has 34 heavy (non-hydrogen) atoms. The van der Waals surface area contributed by atoms with E-state index in [1.807, 2.05) is 13.8 Å². The topological polar surface area (TPSA) is 100 Å². The molecule has 0 aliphatic carbocycles. The molecule has 0 bridgehead atoms. The van der Waals surface area contributed by atoms with E-state index in [4.69, 9.17) is 4.74 Å². The lowest BCUT2D eigenvalue weighted by Gasteiger charge is -2.44. The fourth-order valence-corrected chi connectivity index (χ4v) is 4.96. The molecule has 1 N–H and O–H groups in total. The van der Waals surface area contributed by atoms with Crippen LogP contribution in [0.25, 0.3) is 10.9 Å². The molecule has 1 fully saturated rings. The van der Waals surface area contributed by atoms with Crippen LogP contribution in [0.2, 0.25) is 0 Å². The van der Waals surface area contributed by atoms with Gasteiger partial charge >= 0.3 is 0 Å². The van der Waals surface area contributed by atoms with Gasteiger partial charge < -0.3 is 9.64 Å². The maximum atomic E-state index is 13.2. The molecule has 2 unspecified atom stereocenters. The van der Waals surface area contributed by atoms with Gasteiger partial charge in [0.25, 0.3) is 16.0 Å². The van der Waals surface area contributed by atoms with E-state index in [1.165, 1.54) is 36.5 Å². The third-order valence-electron chi connectivity index (χ3n) is 6.06. The molecule has 1 amide bonds. The summed E-state index contributed by atoms with van der Waals surface area (Å²) in [6, 6.07) is 12.2. The van der Waals surface area contributed by atoms with Gasteiger partial charge in [0.1, 0.15) is 22.0 Å². The number of ether oxygens (including phenoxy) is 1. The van der Waals surface area contributed by atoms with E-state index in [9.17, 15) is 22.2 Å². The van der Waals surface area contributed by atoms with Gasteiger partial charge in [0.05, 0.1) is 0 Å². The average Bonchev–Trinajstić information content (AvgIpc) is 2.80. The lowest BCUT2D eigenvalue weighted by atomic mass is 10.1. The van der Waals surface area contributed by atoms with Crippen LogP contribution in [0, 0.1) is 5.82 Å². The highest BCUT2D eigenvalue weighted by Crippen LogP contribution is 2.29. The number of carbonyl (C=O) groups excluding carboxylic acids is 1. The van der Waals surface area contributed by atoms with Crippen molar-refractivity contribution in [2.75, 3.05) is 19.7 Å². The molecule has 8 nitrogen and oxygen atoms in total. The highest BCUT2D eigenvalue weighted by atomic mass is 32.2. The molecule has 1 saturated heterocycles. The van der Waals surface area contributed by atoms with E-state index in [1.54, 1.807) is 23.1 Å². The first-order valence-electron chi connectivity index (χ1n) is 10.9. The summed E-state index contributed by atoms with van der Waals surface area (Å²) in [6.07, 6.45) is 1.48. The van der Waals surface area contributed by atoms with Crippen molar-refractivity contribution in [1.29, 1.82) is 0 Å². The van der Waals surface area contributed by atoms with E-state index >= 15 is 0 Å². The molecule has 0 saturated carbocycles. The minimum atomic E-state index is -4.43. The van der Waals surface area contributed by atoms with Crippen LogP contribution >= 0.6 is 0 Å². The summed E-state index contributed by atoms with van der Waals surface area (Å²) in [5.74, 6) is -0.202. The molecule has 1 aliphatic heterocycles. The zero-order valence-corrected chi connectivity index (χ0v) is 19.7. The second-order valence-electron chi connectivity index (χ2n) is 8.53. The fraction of sp³-hybridized carbons (Fsp3) is 0.333. The van der Waals surface area contributed by atoms with Crippen molar-refractivity contribution in [3.05, 3.63) is 66.1 Å². The van der Waals surface area contributed by atoms with E-state index in [-0.39, 0.29) is 52.0 Å². The number of amides is 1. The van der Waals surface area contributed by atoms with Gasteiger partial charge in [-0.2, -0.15) is 8.42 Å². The van der Waals surface area contributed by atoms with Crippen molar-refractivity contribution in [2.24, 2.45) is 0 Å². The largest absolute Gasteiger partial charge is 0.481 e. The second-order valence-corrected chi connectivity index (χ2v) is 9.92. The summed E-state index contributed by atoms with van der Waals surface area (Å²) < 4.78 is 51.7. The number of fused-ring (bicyclic) bond motifs is 1. The standard InChI is InChI=1S/C24H26FN3O5S/c1-16-13-28(17(2)12-27(16)14-18-5-7-19(25)8-6-18)23(29)15-33-21-9-10-22(34(30,31)32)20-4-3-11-26-24(20)21/h3-11,16-17H,12-15H2,1-2H3,(H,30,31,32). The minimum Gasteiger partial charge on any atom is -0.481 e. The highest BCUT2D eigenvalue weighted by molar-refractivity contribution is 7.86. The number of pyridine rings is 1. The quantitative estimate of drug-likeness (QED) is 0.533. The maximum absolute atomic E-state index is 13.2. The number of benzene rings is 2. The van der Waals surface area contributed by atoms with Gasteiger partial charge in [-0.15, -0.1) is 0 Å². The Morgan fingerprint density at radius 2 is 1.85 bits per heavy atom. The van der Waals surface area contributed by atoms with E-state index in [0.29, 0.717) is 19.6 Å². The Morgan fingerprint density at radius 1 is 1.12 bits per heavy atom. The lowest BCUT2D eigenvalue weighted by molar-refractivity contribution is -0.139. The summed E-state index contributed by atoms with van der Waals surface area (Å²) >= 11 is 0. The van der Waals surface area contributed by atoms with Gasteiger partial charge in [-0.25, -0.2) is 4.39 Å². The molecule has 4 rings (SSSR count). The number of halogens is 1. The van der Waals surface area contributed by atoms with Crippen LogP contribution in [-0.2, 0) is 21.5 Å². The highest BCUT2D eigenvalue weighted by Gasteiger charge is 2.32. The van der Waals surface area contributed by atoms with Crippen LogP contribution in [-0.4, -0.2) is 65.4 Å². The number of nitrogens with zero attached hydrogens (tertiary/aromatic N) is 3. The van der Waals surface area contributed by atoms with Gasteiger partial charge in [-0.3, -0.25) is 19.2 Å². The predicted molar refractivity (Wildman–Crippen MR) is 124 cm³/mol. The van der Waals surface area contributed by atoms with Crippen molar-refractivity contribution in [3.63, 3.8) is 0 Å². The van der Waals surface area contributed by atoms with Crippen molar-refractivity contribution in [2.45, 2.75) is 37.4 Å². The Morgan fingerprint density at radius 3 is 2.56 bits per heavy atom. The van der Waals surface area contributed by atoms with Gasteiger partial charge in [-0.05, 0) is 55.8 Å². The SMILES string of the molecule is CC1CN(C(=O)COc2ccc(S(=O)(=O)O)c3cccnc23)C(C)CN1Cc1ccc(F)cc1. The van der Waals surface area contributed by atoms with Crippen LogP contribution < -0.4 is 4.74 Å². The number of rotatable bonds is 6. The van der Waals surface area contributed by atoms with Crippen LogP contribution in [0.1, 0.15) is 19.4 Å². The van der Waals surface area contributed by atoms with Crippen LogP contribution in [0.4, 0.5) is 4.39 Å². The van der Waals surface area contributed by atoms with Gasteiger partial charge in [0, 0.05) is 43.3 Å². The van der Waals surface area contributed by atoms with Gasteiger partial charge in [0.15, 0.2) is 6.61 Å². The first kappa shape index (κ1) is 24.1. The number of hydrogen-bond acceptors (Lipinski definition) is 6. The molecule has 0 spiro atoms. The molecule has 1 aliphatic rings. The molecule has 2 atom stereocenters. The molecule has 2 aromatic carbocycles. The molecule has 180 valence electrons. The minimum absolute atomic E-state index is 0.0514. The van der Waals surface area contributed by atoms with E-state index in [0.717, 1.165) is 5.56 Å². The molecule has 2 heterocycles. The predicted octanol–water partition coefficient (Wildman–Crippen LogP) is 3.12. The number of piperazine rings is 1. The van der Waals surface area contributed by atoms with Gasteiger partial charge in [0.2, 0.25) is 0 Å². The molecular formula is C24H26FN3O5S. The molecule has 3 aromatic rings. The Bertz CT molecular complexity index is 1300. The van der Waals surface area contributed by atoms with Crippen LogP contribution in [0.15, 0.2) is 59.6 Å². The number of carbonyl (C=O) groups is 1. The number of aromatic nitrogens is 1. The summed E-state index contributed by atoms with van der Waals surface area (Å²) in [5, 5.41) is 0.214. The van der Waals surface area contributed by atoms with Crippen molar-refractivity contribution < 1.29 is 26.9 Å². The summed E-state index contributed by atoms with van der Waals surface area (Å²) in [7, 11) is -4.43. The Balaban J connectivity index is 1.43. The summed E-state index contributed by atoms with van der Waals surface area (Å²) in [6.45, 7) is 5.64. The van der Waals surface area contributed by atoms with E-state index in [2.05, 4.69) is 9.88 Å². The average molecular weight is 488 g/mol. The first-order chi connectivity index (χ1) is 16.1. The smallest absolute Gasteiger partial charge is 0.295 e. The molecule has 10 heteroatoms. The van der Waals surface area contributed by atoms with E-state index < -0.39 is 10.1 Å². The first-order valence-corrected chi connectivity index (χ1v) is 12.3. The summed E-state index contributed by atoms with van der Waals surface area (Å²) in [5.41, 5.74) is 1.26. The zero-order chi connectivity index (χ0) is 24.5. The fourth-order valence-electron chi connectivity index (χ4n) is 4.27. The Kier molecular flexibility index (Phi) is 6.83. The summed E-state index contributed by atoms with van der Waals surface area (Å²) in [4.78, 5) is 20.9. The monoisotopic (exact) mass is 487 g/mol. The Hall–Kier alpha value is -3.08. The third-order valence-corrected chi connectivity index (χ3v) is 6.97. The normalized spacial score (nSPS) is 19.4. The molecule has 0 radical (unpaired) electrons. The molecular weight excluding hydrogens is 461 g/mol. The lowest BCUT2D eigenvalue weighted by Crippen LogP contribution is -2.58. The number of hydrogen-bond donors (Lipinski definition) is 1. The maximum Gasteiger partial charge on any atom is 0.295 e. The van der Waals surface area contributed by atoms with Crippen LogP contribution in [0.3, 0.4) is 0 Å².